The van der Waals surface area contributed by atoms with E-state index in [2.05, 4.69) is 5.32 Å². The number of benzene rings is 1. The fraction of sp³-hybridized carbons (Fsp3) is 0.368. The Morgan fingerprint density at radius 3 is 2.77 bits per heavy atom. The molecule has 1 aliphatic heterocycles. The molecule has 26 heavy (non-hydrogen) atoms. The maximum Gasteiger partial charge on any atom is 0.220 e. The summed E-state index contributed by atoms with van der Waals surface area (Å²) >= 11 is 1.38. The van der Waals surface area contributed by atoms with Crippen LogP contribution in [0.2, 0.25) is 0 Å². The van der Waals surface area contributed by atoms with Gasteiger partial charge in [0.15, 0.2) is 17.4 Å². The van der Waals surface area contributed by atoms with Gasteiger partial charge in [0.25, 0.3) is 0 Å². The maximum atomic E-state index is 13.4. The van der Waals surface area contributed by atoms with E-state index in [1.165, 1.54) is 17.4 Å². The van der Waals surface area contributed by atoms with Crippen LogP contribution in [0.1, 0.15) is 28.9 Å². The number of hydrogen-bond acceptors (Lipinski definition) is 4. The minimum Gasteiger partial charge on any atom is -0.371 e. The van der Waals surface area contributed by atoms with Crippen molar-refractivity contribution in [3.63, 3.8) is 0 Å². The van der Waals surface area contributed by atoms with Gasteiger partial charge >= 0.3 is 0 Å². The molecule has 7 heteroatoms. The lowest BCUT2D eigenvalue weighted by molar-refractivity contribution is -0.121. The second kappa shape index (κ2) is 8.40. The maximum absolute atomic E-state index is 13.4. The van der Waals surface area contributed by atoms with Crippen LogP contribution in [0, 0.1) is 17.6 Å². The quantitative estimate of drug-likeness (QED) is 0.749. The third-order valence-corrected chi connectivity index (χ3v) is 5.43. The Kier molecular flexibility index (Phi) is 5.98. The highest BCUT2D eigenvalue weighted by molar-refractivity contribution is 7.12. The van der Waals surface area contributed by atoms with Gasteiger partial charge in [0.05, 0.1) is 4.88 Å². The second-order valence-electron chi connectivity index (χ2n) is 6.40. The third-order valence-electron chi connectivity index (χ3n) is 4.52. The van der Waals surface area contributed by atoms with E-state index in [0.717, 1.165) is 19.0 Å². The molecule has 1 aromatic carbocycles. The van der Waals surface area contributed by atoms with Crippen LogP contribution in [-0.2, 0) is 4.79 Å². The summed E-state index contributed by atoms with van der Waals surface area (Å²) in [5.74, 6) is -1.61. The van der Waals surface area contributed by atoms with Crippen molar-refractivity contribution in [3.8, 4) is 0 Å². The first-order chi connectivity index (χ1) is 12.5. The number of amides is 1. The van der Waals surface area contributed by atoms with Gasteiger partial charge in [-0.05, 0) is 35.9 Å². The lowest BCUT2D eigenvalue weighted by Crippen LogP contribution is -2.31. The minimum absolute atomic E-state index is 0.0134. The standard InChI is InChI=1S/C19H20F2N2O2S/c20-15-4-3-14(10-16(15)21)23-8-7-13(12-23)11-22-19(25)6-5-17(24)18-2-1-9-26-18/h1-4,9-10,13H,5-8,11-12H2,(H,22,25)/t13-/m0/s1. The number of anilines is 1. The van der Waals surface area contributed by atoms with Crippen molar-refractivity contribution in [1.29, 1.82) is 0 Å². The molecule has 138 valence electrons. The zero-order valence-corrected chi connectivity index (χ0v) is 15.0. The van der Waals surface area contributed by atoms with Gasteiger partial charge in [-0.3, -0.25) is 9.59 Å². The fourth-order valence-electron chi connectivity index (χ4n) is 3.05. The number of nitrogens with one attached hydrogen (secondary N) is 1. The highest BCUT2D eigenvalue weighted by Crippen LogP contribution is 2.25. The molecular formula is C19H20F2N2O2S. The van der Waals surface area contributed by atoms with E-state index < -0.39 is 11.6 Å². The summed E-state index contributed by atoms with van der Waals surface area (Å²) in [4.78, 5) is 26.5. The second-order valence-corrected chi connectivity index (χ2v) is 7.35. The summed E-state index contributed by atoms with van der Waals surface area (Å²) in [5.41, 5.74) is 0.652. The van der Waals surface area contributed by atoms with E-state index in [1.807, 2.05) is 16.3 Å². The summed E-state index contributed by atoms with van der Waals surface area (Å²) in [7, 11) is 0. The number of rotatable bonds is 7. The first kappa shape index (κ1) is 18.5. The summed E-state index contributed by atoms with van der Waals surface area (Å²) in [6.45, 7) is 1.94. The molecular weight excluding hydrogens is 358 g/mol. The summed E-state index contributed by atoms with van der Waals surface area (Å²) in [6, 6.07) is 7.47. The van der Waals surface area contributed by atoms with Crippen LogP contribution < -0.4 is 10.2 Å². The number of carbonyl (C=O) groups is 2. The summed E-state index contributed by atoms with van der Waals surface area (Å²) in [5, 5.41) is 4.71. The average molecular weight is 378 g/mol. The number of Topliss-reactive ketones (excluding diaryl/α,β-unsaturated/α-hetero) is 1. The number of thiophene rings is 1. The predicted octanol–water partition coefficient (Wildman–Crippen LogP) is 3.63. The van der Waals surface area contributed by atoms with E-state index in [1.54, 1.807) is 12.1 Å². The highest BCUT2D eigenvalue weighted by atomic mass is 32.1. The molecule has 0 spiro atoms. The molecule has 1 atom stereocenters. The molecule has 1 aliphatic rings. The summed E-state index contributed by atoms with van der Waals surface area (Å²) in [6.07, 6.45) is 1.25. The average Bonchev–Trinajstić information content (AvgIpc) is 3.32. The van der Waals surface area contributed by atoms with Crippen LogP contribution >= 0.6 is 11.3 Å². The minimum atomic E-state index is -0.853. The van der Waals surface area contributed by atoms with Crippen molar-refractivity contribution < 1.29 is 18.4 Å². The van der Waals surface area contributed by atoms with Crippen LogP contribution in [0.25, 0.3) is 0 Å². The first-order valence-electron chi connectivity index (χ1n) is 8.56. The molecule has 0 aliphatic carbocycles. The first-order valence-corrected chi connectivity index (χ1v) is 9.44. The fourth-order valence-corrected chi connectivity index (χ4v) is 3.74. The van der Waals surface area contributed by atoms with Crippen LogP contribution in [0.15, 0.2) is 35.7 Å². The Balaban J connectivity index is 1.40. The molecule has 3 rings (SSSR count). The van der Waals surface area contributed by atoms with Crippen LogP contribution in [-0.4, -0.2) is 31.3 Å². The number of hydrogen-bond donors (Lipinski definition) is 1. The Hall–Kier alpha value is -2.28. The Bertz CT molecular complexity index is 780. The van der Waals surface area contributed by atoms with Crippen molar-refractivity contribution in [2.45, 2.75) is 19.3 Å². The zero-order valence-electron chi connectivity index (χ0n) is 14.2. The topological polar surface area (TPSA) is 49.4 Å². The van der Waals surface area contributed by atoms with Crippen LogP contribution in [0.5, 0.6) is 0 Å². The van der Waals surface area contributed by atoms with Gasteiger partial charge in [-0.2, -0.15) is 0 Å². The van der Waals surface area contributed by atoms with Gasteiger partial charge in [-0.1, -0.05) is 6.07 Å². The van der Waals surface area contributed by atoms with E-state index in [4.69, 9.17) is 0 Å². The number of ketones is 1. The van der Waals surface area contributed by atoms with Gasteiger partial charge in [0.1, 0.15) is 0 Å². The molecule has 1 aromatic heterocycles. The van der Waals surface area contributed by atoms with Crippen molar-refractivity contribution in [3.05, 3.63) is 52.2 Å². The normalized spacial score (nSPS) is 16.7. The largest absolute Gasteiger partial charge is 0.371 e. The van der Waals surface area contributed by atoms with E-state index >= 15 is 0 Å². The van der Waals surface area contributed by atoms with Gasteiger partial charge in [-0.15, -0.1) is 11.3 Å². The highest BCUT2D eigenvalue weighted by Gasteiger charge is 2.24. The van der Waals surface area contributed by atoms with Gasteiger partial charge < -0.3 is 10.2 Å². The van der Waals surface area contributed by atoms with Gasteiger partial charge in [0.2, 0.25) is 5.91 Å². The van der Waals surface area contributed by atoms with E-state index in [9.17, 15) is 18.4 Å². The van der Waals surface area contributed by atoms with Gasteiger partial charge in [0, 0.05) is 44.2 Å². The summed E-state index contributed by atoms with van der Waals surface area (Å²) < 4.78 is 26.4. The molecule has 1 N–H and O–H groups in total. The Labute approximate surface area is 154 Å². The molecule has 0 radical (unpaired) electrons. The van der Waals surface area contributed by atoms with Crippen molar-refractivity contribution in [2.24, 2.45) is 5.92 Å². The lowest BCUT2D eigenvalue weighted by Gasteiger charge is -2.19. The lowest BCUT2D eigenvalue weighted by atomic mass is 10.1. The molecule has 1 fully saturated rings. The molecule has 1 saturated heterocycles. The number of carbonyl (C=O) groups excluding carboxylic acids is 2. The monoisotopic (exact) mass is 378 g/mol. The van der Waals surface area contributed by atoms with Crippen LogP contribution in [0.3, 0.4) is 0 Å². The molecule has 4 nitrogen and oxygen atoms in total. The van der Waals surface area contributed by atoms with Gasteiger partial charge in [-0.25, -0.2) is 8.78 Å². The number of halogens is 2. The molecule has 0 bridgehead atoms. The molecule has 1 amide bonds. The Morgan fingerprint density at radius 2 is 2.04 bits per heavy atom. The Morgan fingerprint density at radius 1 is 1.19 bits per heavy atom. The third kappa shape index (κ3) is 4.66. The van der Waals surface area contributed by atoms with Crippen molar-refractivity contribution >= 4 is 28.7 Å². The zero-order chi connectivity index (χ0) is 18.5. The molecule has 0 unspecified atom stereocenters. The van der Waals surface area contributed by atoms with Crippen molar-refractivity contribution in [1.82, 2.24) is 5.32 Å². The number of nitrogens with zero attached hydrogens (tertiary/aromatic N) is 1. The predicted molar refractivity (Wildman–Crippen MR) is 97.6 cm³/mol. The van der Waals surface area contributed by atoms with E-state index in [0.29, 0.717) is 23.7 Å². The van der Waals surface area contributed by atoms with E-state index in [-0.39, 0.29) is 30.4 Å². The van der Waals surface area contributed by atoms with Crippen LogP contribution in [0.4, 0.5) is 14.5 Å². The van der Waals surface area contributed by atoms with Crippen molar-refractivity contribution in [2.75, 3.05) is 24.5 Å². The SMILES string of the molecule is O=C(CCC(=O)c1cccs1)NC[C@@H]1CCN(c2ccc(F)c(F)c2)C1. The smallest absolute Gasteiger partial charge is 0.220 e. The molecule has 2 heterocycles. The molecule has 2 aromatic rings. The molecule has 0 saturated carbocycles.